The first-order valence-corrected chi connectivity index (χ1v) is 9.42. The fourth-order valence-electron chi connectivity index (χ4n) is 4.19. The molecule has 1 amide bonds. The largest absolute Gasteiger partial charge is 0.350 e. The van der Waals surface area contributed by atoms with Crippen molar-refractivity contribution in [1.29, 1.82) is 0 Å². The summed E-state index contributed by atoms with van der Waals surface area (Å²) in [6, 6.07) is 6.23. The number of nitrogens with zero attached hydrogens (tertiary/aromatic N) is 4. The SMILES string of the molecule is O=C(c1cc2ccc(F)cc2[nH]1)N1CCCC1c1nnc2n1CCNCC2. The molecule has 5 rings (SSSR count). The van der Waals surface area contributed by atoms with Crippen LogP contribution in [0.3, 0.4) is 0 Å². The van der Waals surface area contributed by atoms with Gasteiger partial charge in [-0.05, 0) is 37.1 Å². The van der Waals surface area contributed by atoms with E-state index in [1.807, 2.05) is 4.90 Å². The van der Waals surface area contributed by atoms with Gasteiger partial charge in [0.2, 0.25) is 0 Å². The Morgan fingerprint density at radius 1 is 1.19 bits per heavy atom. The molecule has 2 aliphatic rings. The first-order chi connectivity index (χ1) is 13.2. The zero-order valence-corrected chi connectivity index (χ0v) is 14.9. The van der Waals surface area contributed by atoms with E-state index >= 15 is 0 Å². The Balaban J connectivity index is 1.47. The summed E-state index contributed by atoms with van der Waals surface area (Å²) >= 11 is 0. The summed E-state index contributed by atoms with van der Waals surface area (Å²) in [6.07, 6.45) is 2.67. The zero-order chi connectivity index (χ0) is 18.4. The third kappa shape index (κ3) is 2.80. The summed E-state index contributed by atoms with van der Waals surface area (Å²) in [7, 11) is 0. The minimum absolute atomic E-state index is 0.0694. The van der Waals surface area contributed by atoms with E-state index in [-0.39, 0.29) is 17.8 Å². The van der Waals surface area contributed by atoms with Gasteiger partial charge in [0.25, 0.3) is 5.91 Å². The lowest BCUT2D eigenvalue weighted by Crippen LogP contribution is -2.32. The molecule has 1 fully saturated rings. The van der Waals surface area contributed by atoms with Gasteiger partial charge in [-0.1, -0.05) is 0 Å². The average Bonchev–Trinajstić information content (AvgIpc) is 3.35. The Bertz CT molecular complexity index is 1010. The second-order valence-electron chi connectivity index (χ2n) is 7.20. The summed E-state index contributed by atoms with van der Waals surface area (Å²) in [5.74, 6) is 1.47. The maximum Gasteiger partial charge on any atom is 0.270 e. The van der Waals surface area contributed by atoms with Crippen LogP contribution in [0.2, 0.25) is 0 Å². The predicted molar refractivity (Wildman–Crippen MR) is 97.9 cm³/mol. The van der Waals surface area contributed by atoms with Crippen LogP contribution < -0.4 is 5.32 Å². The van der Waals surface area contributed by atoms with Crippen molar-refractivity contribution in [2.45, 2.75) is 31.8 Å². The van der Waals surface area contributed by atoms with Crippen LogP contribution >= 0.6 is 0 Å². The smallest absolute Gasteiger partial charge is 0.270 e. The van der Waals surface area contributed by atoms with Gasteiger partial charge in [0, 0.05) is 43.5 Å². The van der Waals surface area contributed by atoms with Crippen molar-refractivity contribution in [1.82, 2.24) is 30.0 Å². The second-order valence-corrected chi connectivity index (χ2v) is 7.20. The van der Waals surface area contributed by atoms with E-state index in [0.717, 1.165) is 55.9 Å². The Labute approximate surface area is 155 Å². The quantitative estimate of drug-likeness (QED) is 0.725. The molecular formula is C19H21FN6O. The molecule has 0 saturated carbocycles. The molecule has 8 heteroatoms. The van der Waals surface area contributed by atoms with E-state index in [9.17, 15) is 9.18 Å². The van der Waals surface area contributed by atoms with Gasteiger partial charge in [-0.2, -0.15) is 0 Å². The van der Waals surface area contributed by atoms with Gasteiger partial charge in [0.15, 0.2) is 5.82 Å². The molecule has 2 aromatic heterocycles. The molecule has 1 aromatic carbocycles. The first-order valence-electron chi connectivity index (χ1n) is 9.42. The van der Waals surface area contributed by atoms with Crippen molar-refractivity contribution in [2.75, 3.05) is 19.6 Å². The molecule has 4 heterocycles. The molecule has 27 heavy (non-hydrogen) atoms. The number of hydrogen-bond donors (Lipinski definition) is 2. The minimum Gasteiger partial charge on any atom is -0.350 e. The zero-order valence-electron chi connectivity index (χ0n) is 14.9. The number of fused-ring (bicyclic) bond motifs is 2. The molecule has 0 spiro atoms. The molecule has 140 valence electrons. The van der Waals surface area contributed by atoms with Crippen molar-refractivity contribution in [3.05, 3.63) is 47.4 Å². The Hall–Kier alpha value is -2.74. The molecule has 2 aliphatic heterocycles. The third-order valence-electron chi connectivity index (χ3n) is 5.52. The van der Waals surface area contributed by atoms with Gasteiger partial charge >= 0.3 is 0 Å². The monoisotopic (exact) mass is 368 g/mol. The number of H-pyrrole nitrogens is 1. The number of carbonyl (C=O) groups excluding carboxylic acids is 1. The molecule has 2 N–H and O–H groups in total. The van der Waals surface area contributed by atoms with Crippen molar-refractivity contribution in [3.8, 4) is 0 Å². The Morgan fingerprint density at radius 2 is 2.11 bits per heavy atom. The summed E-state index contributed by atoms with van der Waals surface area (Å²) in [5.41, 5.74) is 1.12. The number of aromatic amines is 1. The standard InChI is InChI=1S/C19H21FN6O/c20-13-4-3-12-10-15(22-14(12)11-13)19(27)25-8-1-2-16(25)18-24-23-17-5-6-21-7-9-26(17)18/h3-4,10-11,16,21-22H,1-2,5-9H2. The molecule has 7 nitrogen and oxygen atoms in total. The van der Waals surface area contributed by atoms with Gasteiger partial charge < -0.3 is 19.8 Å². The maximum absolute atomic E-state index is 13.5. The lowest BCUT2D eigenvalue weighted by Gasteiger charge is -2.24. The number of nitrogens with one attached hydrogen (secondary N) is 2. The van der Waals surface area contributed by atoms with Gasteiger partial charge in [-0.25, -0.2) is 4.39 Å². The molecule has 0 radical (unpaired) electrons. The lowest BCUT2D eigenvalue weighted by molar-refractivity contribution is 0.0722. The number of halogens is 1. The Kier molecular flexibility index (Phi) is 3.93. The van der Waals surface area contributed by atoms with Crippen molar-refractivity contribution in [2.24, 2.45) is 0 Å². The molecular weight excluding hydrogens is 347 g/mol. The van der Waals surface area contributed by atoms with E-state index in [1.165, 1.54) is 12.1 Å². The van der Waals surface area contributed by atoms with Gasteiger partial charge in [-0.3, -0.25) is 4.79 Å². The summed E-state index contributed by atoms with van der Waals surface area (Å²) in [5, 5.41) is 13.0. The van der Waals surface area contributed by atoms with Crippen LogP contribution in [0.5, 0.6) is 0 Å². The summed E-state index contributed by atoms with van der Waals surface area (Å²) < 4.78 is 15.6. The molecule has 3 aromatic rings. The van der Waals surface area contributed by atoms with Crippen LogP contribution in [-0.2, 0) is 13.0 Å². The molecule has 1 saturated heterocycles. The van der Waals surface area contributed by atoms with E-state index in [4.69, 9.17) is 0 Å². The number of benzene rings is 1. The fraction of sp³-hybridized carbons (Fsp3) is 0.421. The lowest BCUT2D eigenvalue weighted by atomic mass is 10.2. The highest BCUT2D eigenvalue weighted by Crippen LogP contribution is 2.33. The van der Waals surface area contributed by atoms with Crippen molar-refractivity contribution < 1.29 is 9.18 Å². The number of carbonyl (C=O) groups is 1. The van der Waals surface area contributed by atoms with Gasteiger partial charge in [-0.15, -0.1) is 10.2 Å². The van der Waals surface area contributed by atoms with E-state index in [1.54, 1.807) is 12.1 Å². The van der Waals surface area contributed by atoms with Gasteiger partial charge in [0.05, 0.1) is 6.04 Å². The predicted octanol–water partition coefficient (Wildman–Crippen LogP) is 2.02. The van der Waals surface area contributed by atoms with Crippen LogP contribution in [-0.4, -0.2) is 50.2 Å². The van der Waals surface area contributed by atoms with E-state index in [0.29, 0.717) is 17.8 Å². The highest BCUT2D eigenvalue weighted by atomic mass is 19.1. The van der Waals surface area contributed by atoms with Crippen molar-refractivity contribution >= 4 is 16.8 Å². The number of likely N-dealkylation sites (tertiary alicyclic amines) is 1. The van der Waals surface area contributed by atoms with Crippen LogP contribution in [0, 0.1) is 5.82 Å². The topological polar surface area (TPSA) is 78.8 Å². The number of rotatable bonds is 2. The van der Waals surface area contributed by atoms with Gasteiger partial charge in [0.1, 0.15) is 17.3 Å². The number of hydrogen-bond acceptors (Lipinski definition) is 4. The summed E-state index contributed by atoms with van der Waals surface area (Å²) in [6.45, 7) is 3.29. The summed E-state index contributed by atoms with van der Waals surface area (Å²) in [4.78, 5) is 18.1. The van der Waals surface area contributed by atoms with E-state index < -0.39 is 0 Å². The van der Waals surface area contributed by atoms with Crippen molar-refractivity contribution in [3.63, 3.8) is 0 Å². The Morgan fingerprint density at radius 3 is 3.04 bits per heavy atom. The highest BCUT2D eigenvalue weighted by Gasteiger charge is 2.35. The van der Waals surface area contributed by atoms with E-state index in [2.05, 4.69) is 25.1 Å². The molecule has 1 atom stereocenters. The third-order valence-corrected chi connectivity index (χ3v) is 5.52. The maximum atomic E-state index is 13.5. The highest BCUT2D eigenvalue weighted by molar-refractivity contribution is 5.98. The number of aromatic nitrogens is 4. The average molecular weight is 368 g/mol. The fourth-order valence-corrected chi connectivity index (χ4v) is 4.19. The van der Waals surface area contributed by atoms with Crippen LogP contribution in [0.25, 0.3) is 10.9 Å². The molecule has 1 unspecified atom stereocenters. The normalized spacial score (nSPS) is 20.0. The molecule has 0 bridgehead atoms. The van der Waals surface area contributed by atoms with Crippen LogP contribution in [0.15, 0.2) is 24.3 Å². The van der Waals surface area contributed by atoms with Crippen LogP contribution in [0.4, 0.5) is 4.39 Å². The molecule has 0 aliphatic carbocycles. The van der Waals surface area contributed by atoms with Crippen LogP contribution in [0.1, 0.15) is 41.0 Å². The number of amides is 1. The second kappa shape index (κ2) is 6.45. The first kappa shape index (κ1) is 16.4. The minimum atomic E-state index is -0.317.